The molecule has 2 atom stereocenters. The molecule has 0 spiro atoms. The van der Waals surface area contributed by atoms with E-state index >= 15 is 26.3 Å². The molecule has 0 bridgehead atoms. The average Bonchev–Trinajstić information content (AvgIpc) is 3.48. The minimum Gasteiger partial charge on any atom is -0.589 e. The van der Waals surface area contributed by atoms with Gasteiger partial charge in [0.15, 0.2) is 0 Å². The highest BCUT2D eigenvalue weighted by atomic mass is 32.2. The molecule has 0 N–H and O–H groups in total. The number of fused-ring (bicyclic) bond motifs is 2. The van der Waals surface area contributed by atoms with Crippen LogP contribution in [0.1, 0.15) is 43.0 Å². The second-order valence-electron chi connectivity index (χ2n) is 12.9. The van der Waals surface area contributed by atoms with Gasteiger partial charge in [-0.3, -0.25) is 0 Å². The third-order valence-electron chi connectivity index (χ3n) is 8.90. The van der Waals surface area contributed by atoms with Gasteiger partial charge in [0.25, 0.3) is 0 Å². The summed E-state index contributed by atoms with van der Waals surface area (Å²) in [5.74, 6) is -5.96. The Hall–Kier alpha value is -5.36. The molecule has 28 heteroatoms. The zero-order valence-corrected chi connectivity index (χ0v) is 30.8. The number of hydroxylamine groups is 8. The number of rotatable bonds is 10. The van der Waals surface area contributed by atoms with Crippen molar-refractivity contribution in [2.75, 3.05) is 0 Å². The maximum Gasteiger partial charge on any atom is 0.573 e. The number of carbonyl (C=O) groups excluding carboxylic acids is 2. The fourth-order valence-electron chi connectivity index (χ4n) is 6.37. The summed E-state index contributed by atoms with van der Waals surface area (Å²) in [7, 11) is -10.8. The molecule has 2 aliphatic rings. The van der Waals surface area contributed by atoms with Crippen molar-refractivity contribution in [3.8, 4) is 11.5 Å². The van der Waals surface area contributed by atoms with Gasteiger partial charge >= 0.3 is 57.1 Å². The van der Waals surface area contributed by atoms with Gasteiger partial charge in [0.2, 0.25) is 5.41 Å². The Kier molecular flexibility index (Phi) is 10.6. The summed E-state index contributed by atoms with van der Waals surface area (Å²) in [5, 5.41) is 26.9. The maximum atomic E-state index is 15.1. The molecule has 0 saturated carbocycles. The third-order valence-corrected chi connectivity index (χ3v) is 11.5. The first kappa shape index (κ1) is 45.2. The van der Waals surface area contributed by atoms with Gasteiger partial charge in [0.05, 0.1) is 20.9 Å². The van der Waals surface area contributed by atoms with Gasteiger partial charge in [-0.15, -0.1) is 36.0 Å². The maximum absolute atomic E-state index is 15.1. The van der Waals surface area contributed by atoms with E-state index in [2.05, 4.69) is 18.0 Å². The second kappa shape index (κ2) is 14.4. The normalized spacial score (nSPS) is 20.1. The van der Waals surface area contributed by atoms with Crippen molar-refractivity contribution in [1.29, 1.82) is 0 Å². The molecule has 0 aromatic heterocycles. The van der Waals surface area contributed by atoms with E-state index in [0.29, 0.717) is 60.7 Å². The fourth-order valence-corrected chi connectivity index (χ4v) is 8.36. The summed E-state index contributed by atoms with van der Waals surface area (Å²) < 4.78 is 233. The Morgan fingerprint density at radius 3 is 1.08 bits per heavy atom. The highest BCUT2D eigenvalue weighted by Gasteiger charge is 2.73. The van der Waals surface area contributed by atoms with E-state index in [1.54, 1.807) is 0 Å². The van der Waals surface area contributed by atoms with Crippen LogP contribution in [-0.2, 0) is 47.3 Å². The average molecular weight is 927 g/mol. The van der Waals surface area contributed by atoms with E-state index in [0.717, 1.165) is 0 Å². The first-order valence-electron chi connectivity index (χ1n) is 16.0. The number of halogens is 12. The van der Waals surface area contributed by atoms with Crippen LogP contribution >= 0.6 is 0 Å². The number of alkyl halides is 12. The van der Waals surface area contributed by atoms with Crippen molar-refractivity contribution in [3.63, 3.8) is 0 Å². The molecule has 0 saturated heterocycles. The predicted octanol–water partition coefficient (Wildman–Crippen LogP) is 7.47. The first-order valence-corrected chi connectivity index (χ1v) is 18.9. The summed E-state index contributed by atoms with van der Waals surface area (Å²) >= 11 is 0. The number of nitrogens with zero attached hydrogens (tertiary/aromatic N) is 2. The molecule has 6 rings (SSSR count). The Labute approximate surface area is 332 Å². The van der Waals surface area contributed by atoms with Crippen LogP contribution in [-0.4, -0.2) is 63.3 Å². The molecular formula is C33H18F12N2O12S2. The second-order valence-corrected chi connectivity index (χ2v) is 15.9. The van der Waals surface area contributed by atoms with Crippen LogP contribution in [0.5, 0.6) is 11.5 Å². The summed E-state index contributed by atoms with van der Waals surface area (Å²) in [4.78, 5) is 18.7. The number of carbonyl (C=O) groups is 2. The number of ether oxygens (including phenoxy) is 2. The largest absolute Gasteiger partial charge is 0.589 e. The summed E-state index contributed by atoms with van der Waals surface area (Å²) in [6.07, 6.45) is -23.3. The quantitative estimate of drug-likeness (QED) is 0.0870. The molecule has 4 aromatic carbocycles. The summed E-state index contributed by atoms with van der Waals surface area (Å²) in [6, 6.07) is 4.83. The molecule has 0 radical (unpaired) electrons. The van der Waals surface area contributed by atoms with Gasteiger partial charge in [0.1, 0.15) is 24.6 Å². The third kappa shape index (κ3) is 8.35. The number of amides is 2. The van der Waals surface area contributed by atoms with E-state index in [1.165, 1.54) is 0 Å². The molecule has 0 aliphatic carbocycles. The molecule has 2 heterocycles. The fraction of sp³-hybridized carbons (Fsp3) is 0.212. The predicted molar refractivity (Wildman–Crippen MR) is 172 cm³/mol. The monoisotopic (exact) mass is 926 g/mol. The van der Waals surface area contributed by atoms with Crippen molar-refractivity contribution >= 4 is 32.1 Å². The molecule has 328 valence electrons. The molecule has 4 aromatic rings. The SMILES string of the molecule is O=C1c2cc(C(c3ccc4c(c3)C(=O)[N+]([O-])(OS(=O)(=O)c3ccc(OC(F)(F)F)cc3)C4)(C(F)(F)F)C(F)(F)F)ccc2C[N+]1([O-])OS(=O)(=O)c1ccc(OC(F)(F)F)cc1. The van der Waals surface area contributed by atoms with Crippen molar-refractivity contribution in [1.82, 2.24) is 0 Å². The lowest BCUT2D eigenvalue weighted by molar-refractivity contribution is -0.979. The van der Waals surface area contributed by atoms with E-state index in [-0.39, 0.29) is 24.3 Å². The van der Waals surface area contributed by atoms with E-state index in [1.807, 2.05) is 0 Å². The Morgan fingerprint density at radius 2 is 0.803 bits per heavy atom. The first-order chi connectivity index (χ1) is 27.7. The van der Waals surface area contributed by atoms with Gasteiger partial charge in [0, 0.05) is 11.1 Å². The lowest BCUT2D eigenvalue weighted by atomic mass is 9.71. The summed E-state index contributed by atoms with van der Waals surface area (Å²) in [5.41, 5.74) is -12.6. The minimum atomic E-state index is -6.46. The molecule has 14 nitrogen and oxygen atoms in total. The minimum absolute atomic E-state index is 0.0422. The van der Waals surface area contributed by atoms with Crippen LogP contribution in [0.25, 0.3) is 0 Å². The Bertz CT molecular complexity index is 2470. The highest BCUT2D eigenvalue weighted by Crippen LogP contribution is 2.57. The van der Waals surface area contributed by atoms with Gasteiger partial charge in [-0.2, -0.15) is 43.2 Å². The van der Waals surface area contributed by atoms with Crippen LogP contribution < -0.4 is 9.47 Å². The van der Waals surface area contributed by atoms with Crippen molar-refractivity contribution in [2.45, 2.75) is 53.4 Å². The van der Waals surface area contributed by atoms with E-state index in [4.69, 9.17) is 0 Å². The van der Waals surface area contributed by atoms with E-state index in [9.17, 15) is 63.2 Å². The van der Waals surface area contributed by atoms with Crippen molar-refractivity contribution in [2.24, 2.45) is 0 Å². The topological polar surface area (TPSA) is 185 Å². The van der Waals surface area contributed by atoms with Crippen molar-refractivity contribution < 1.29 is 107 Å². The van der Waals surface area contributed by atoms with Gasteiger partial charge in [-0.25, -0.2) is 9.59 Å². The van der Waals surface area contributed by atoms with Gasteiger partial charge < -0.3 is 19.9 Å². The Morgan fingerprint density at radius 1 is 0.492 bits per heavy atom. The zero-order valence-electron chi connectivity index (χ0n) is 29.1. The summed E-state index contributed by atoms with van der Waals surface area (Å²) in [6.45, 7) is -2.72. The van der Waals surface area contributed by atoms with Crippen LogP contribution in [0.4, 0.5) is 52.7 Å². The number of hydrogen-bond acceptors (Lipinski definition) is 12. The Balaban J connectivity index is 1.33. The number of hydrogen-bond donors (Lipinski definition) is 0. The highest BCUT2D eigenvalue weighted by molar-refractivity contribution is 7.87. The lowest BCUT2D eigenvalue weighted by Crippen LogP contribution is -2.55. The molecular weight excluding hydrogens is 908 g/mol. The van der Waals surface area contributed by atoms with Gasteiger partial charge in [-0.1, -0.05) is 32.8 Å². The van der Waals surface area contributed by atoms with E-state index < -0.39 is 140 Å². The molecule has 0 fully saturated rings. The van der Waals surface area contributed by atoms with Gasteiger partial charge in [-0.05, 0) is 71.8 Å². The number of quaternary nitrogens is 2. The van der Waals surface area contributed by atoms with Crippen LogP contribution in [0.3, 0.4) is 0 Å². The smallest absolute Gasteiger partial charge is 0.573 e. The molecule has 61 heavy (non-hydrogen) atoms. The zero-order chi connectivity index (χ0) is 45.6. The molecule has 2 amide bonds. The van der Waals surface area contributed by atoms with Crippen LogP contribution in [0.15, 0.2) is 94.7 Å². The van der Waals surface area contributed by atoms with Crippen molar-refractivity contribution in [3.05, 3.63) is 129 Å². The van der Waals surface area contributed by atoms with Crippen LogP contribution in [0.2, 0.25) is 0 Å². The van der Waals surface area contributed by atoms with Crippen LogP contribution in [0, 0.1) is 10.4 Å². The molecule has 2 aliphatic heterocycles. The molecule has 2 unspecified atom stereocenters. The number of benzene rings is 4. The standard InChI is InChI=1S/C33H18F12N2O12S2/c34-30(35,36)29(31(37,38)39,19-3-1-17-15-46(50,27(48)25(17)13-19)58-60(52,53)23-9-5-21(6-10-23)56-32(40,41)42)20-4-2-18-16-47(51,28(49)26(18)14-20)59-61(54,55)24-11-7-22(8-12-24)57-33(43,44)45/h1-14H,15-16H2. The lowest BCUT2D eigenvalue weighted by Gasteiger charge is -2.38.